The van der Waals surface area contributed by atoms with Crippen LogP contribution in [0.2, 0.25) is 0 Å². The molecule has 1 aliphatic rings. The fourth-order valence-electron chi connectivity index (χ4n) is 2.09. The molecule has 118 valence electrons. The minimum absolute atomic E-state index is 0.0147. The van der Waals surface area contributed by atoms with Gasteiger partial charge in [0, 0.05) is 31.1 Å². The summed E-state index contributed by atoms with van der Waals surface area (Å²) in [6.07, 6.45) is -2.09. The second-order valence-corrected chi connectivity index (χ2v) is 5.62. The summed E-state index contributed by atoms with van der Waals surface area (Å²) in [4.78, 5) is 17.2. The lowest BCUT2D eigenvalue weighted by Crippen LogP contribution is -2.56. The topological polar surface area (TPSA) is 54.5 Å². The maximum absolute atomic E-state index is 12.5. The van der Waals surface area contributed by atoms with Gasteiger partial charge in [0.25, 0.3) is 0 Å². The van der Waals surface area contributed by atoms with Crippen molar-refractivity contribution in [3.63, 3.8) is 0 Å². The van der Waals surface area contributed by atoms with E-state index in [2.05, 4.69) is 10.3 Å². The maximum atomic E-state index is 12.5. The van der Waals surface area contributed by atoms with Gasteiger partial charge in [-0.2, -0.15) is 13.2 Å². The first-order valence-electron chi connectivity index (χ1n) is 6.50. The third-order valence-corrected chi connectivity index (χ3v) is 3.89. The maximum Gasteiger partial charge on any atom is 0.401 e. The lowest BCUT2D eigenvalue weighted by molar-refractivity contribution is -0.166. The third-order valence-electron chi connectivity index (χ3n) is 3.05. The molecule has 1 N–H and O–H groups in total. The molecule has 1 atom stereocenters. The third kappa shape index (κ3) is 5.25. The highest BCUT2D eigenvalue weighted by Crippen LogP contribution is 2.19. The second-order valence-electron chi connectivity index (χ2n) is 4.64. The molecule has 0 aromatic carbocycles. The molecule has 0 aliphatic carbocycles. The Kier molecular flexibility index (Phi) is 5.54. The van der Waals surface area contributed by atoms with Gasteiger partial charge in [-0.3, -0.25) is 9.69 Å². The Hall–Kier alpha value is -1.19. The van der Waals surface area contributed by atoms with Crippen LogP contribution in [-0.4, -0.2) is 60.9 Å². The van der Waals surface area contributed by atoms with Crippen molar-refractivity contribution >= 4 is 17.2 Å². The van der Waals surface area contributed by atoms with Crippen LogP contribution in [0.4, 0.5) is 13.2 Å². The molecular formula is C12H16F3N3O2S. The number of carbonyl (C=O) groups is 1. The van der Waals surface area contributed by atoms with Gasteiger partial charge in [-0.15, -0.1) is 11.3 Å². The van der Waals surface area contributed by atoms with Crippen LogP contribution < -0.4 is 5.32 Å². The van der Waals surface area contributed by atoms with Crippen LogP contribution in [0.5, 0.6) is 0 Å². The Morgan fingerprint density at radius 2 is 2.38 bits per heavy atom. The normalized spacial score (nSPS) is 20.4. The zero-order valence-electron chi connectivity index (χ0n) is 11.2. The van der Waals surface area contributed by atoms with E-state index in [4.69, 9.17) is 4.74 Å². The van der Waals surface area contributed by atoms with Gasteiger partial charge in [0.2, 0.25) is 5.91 Å². The van der Waals surface area contributed by atoms with Crippen LogP contribution in [0.15, 0.2) is 11.6 Å². The Balaban J connectivity index is 1.83. The number of alkyl halides is 3. The van der Waals surface area contributed by atoms with Crippen molar-refractivity contribution in [1.29, 1.82) is 0 Å². The molecule has 0 spiro atoms. The number of nitrogens with one attached hydrogen (secondary N) is 1. The summed E-state index contributed by atoms with van der Waals surface area (Å²) in [5.74, 6) is -0.435. The summed E-state index contributed by atoms with van der Waals surface area (Å²) in [6, 6.07) is -0.892. The van der Waals surface area contributed by atoms with Crippen molar-refractivity contribution in [2.24, 2.45) is 0 Å². The number of hydrogen-bond donors (Lipinski definition) is 1. The molecule has 1 amide bonds. The van der Waals surface area contributed by atoms with Gasteiger partial charge in [-0.05, 0) is 0 Å². The highest BCUT2D eigenvalue weighted by Gasteiger charge is 2.37. The smallest absolute Gasteiger partial charge is 0.378 e. The van der Waals surface area contributed by atoms with Gasteiger partial charge >= 0.3 is 6.18 Å². The van der Waals surface area contributed by atoms with E-state index >= 15 is 0 Å². The number of morpholine rings is 1. The molecule has 9 heteroatoms. The standard InChI is InChI=1S/C12H16F3N3O2S/c13-12(14,15)8-18-4-5-20-7-9(18)11(19)17-2-1-10-16-3-6-21-10/h3,6,9H,1-2,4-5,7-8H2,(H,17,19). The highest BCUT2D eigenvalue weighted by molar-refractivity contribution is 7.09. The lowest BCUT2D eigenvalue weighted by Gasteiger charge is -2.34. The summed E-state index contributed by atoms with van der Waals surface area (Å²) in [6.45, 7) is -0.453. The van der Waals surface area contributed by atoms with Crippen molar-refractivity contribution in [1.82, 2.24) is 15.2 Å². The van der Waals surface area contributed by atoms with Gasteiger partial charge in [0.1, 0.15) is 6.04 Å². The van der Waals surface area contributed by atoms with E-state index in [9.17, 15) is 18.0 Å². The SMILES string of the molecule is O=C(NCCc1nccs1)C1COCCN1CC(F)(F)F. The van der Waals surface area contributed by atoms with E-state index in [0.717, 1.165) is 9.91 Å². The number of thiazole rings is 1. The quantitative estimate of drug-likeness (QED) is 0.880. The number of halogens is 3. The van der Waals surface area contributed by atoms with E-state index < -0.39 is 24.7 Å². The molecular weight excluding hydrogens is 307 g/mol. The molecule has 1 aromatic rings. The average Bonchev–Trinajstić information content (AvgIpc) is 2.90. The predicted octanol–water partition coefficient (Wildman–Crippen LogP) is 1.06. The first-order valence-corrected chi connectivity index (χ1v) is 7.38. The van der Waals surface area contributed by atoms with E-state index in [-0.39, 0.29) is 19.8 Å². The van der Waals surface area contributed by atoms with Gasteiger partial charge < -0.3 is 10.1 Å². The second kappa shape index (κ2) is 7.19. The largest absolute Gasteiger partial charge is 0.401 e. The van der Waals surface area contributed by atoms with Gasteiger partial charge in [0.15, 0.2) is 0 Å². The van der Waals surface area contributed by atoms with Crippen molar-refractivity contribution in [3.05, 3.63) is 16.6 Å². The Morgan fingerprint density at radius 3 is 3.05 bits per heavy atom. The molecule has 0 radical (unpaired) electrons. The molecule has 1 saturated heterocycles. The zero-order valence-corrected chi connectivity index (χ0v) is 12.0. The van der Waals surface area contributed by atoms with Gasteiger partial charge in [-0.25, -0.2) is 4.98 Å². The number of ether oxygens (including phenoxy) is 1. The summed E-state index contributed by atoms with van der Waals surface area (Å²) in [7, 11) is 0. The number of hydrogen-bond acceptors (Lipinski definition) is 5. The van der Waals surface area contributed by atoms with Crippen LogP contribution in [0.1, 0.15) is 5.01 Å². The van der Waals surface area contributed by atoms with Crippen LogP contribution in [0.3, 0.4) is 0 Å². The fraction of sp³-hybridized carbons (Fsp3) is 0.667. The molecule has 0 bridgehead atoms. The lowest BCUT2D eigenvalue weighted by atomic mass is 10.2. The first kappa shape index (κ1) is 16.2. The molecule has 0 saturated carbocycles. The zero-order chi connectivity index (χ0) is 15.3. The van der Waals surface area contributed by atoms with E-state index in [1.54, 1.807) is 6.20 Å². The fourth-order valence-corrected chi connectivity index (χ4v) is 2.71. The van der Waals surface area contributed by atoms with E-state index in [1.807, 2.05) is 5.38 Å². The van der Waals surface area contributed by atoms with Crippen molar-refractivity contribution in [3.8, 4) is 0 Å². The Labute approximate surface area is 124 Å². The number of carbonyl (C=O) groups excluding carboxylic acids is 1. The van der Waals surface area contributed by atoms with Crippen molar-refractivity contribution < 1.29 is 22.7 Å². The minimum atomic E-state index is -4.32. The Bertz CT molecular complexity index is 453. The summed E-state index contributed by atoms with van der Waals surface area (Å²) in [5, 5.41) is 5.35. The van der Waals surface area contributed by atoms with Crippen LogP contribution in [0, 0.1) is 0 Å². The molecule has 2 heterocycles. The van der Waals surface area contributed by atoms with Crippen LogP contribution >= 0.6 is 11.3 Å². The van der Waals surface area contributed by atoms with E-state index in [0.29, 0.717) is 13.0 Å². The molecule has 1 aromatic heterocycles. The van der Waals surface area contributed by atoms with E-state index in [1.165, 1.54) is 11.3 Å². The number of nitrogens with zero attached hydrogens (tertiary/aromatic N) is 2. The summed E-state index contributed by atoms with van der Waals surface area (Å²) >= 11 is 1.47. The first-order chi connectivity index (χ1) is 9.96. The van der Waals surface area contributed by atoms with Crippen LogP contribution in [-0.2, 0) is 16.0 Å². The molecule has 2 rings (SSSR count). The average molecular weight is 323 g/mol. The minimum Gasteiger partial charge on any atom is -0.378 e. The summed E-state index contributed by atoms with van der Waals surface area (Å²) < 4.78 is 42.6. The van der Waals surface area contributed by atoms with Gasteiger partial charge in [0.05, 0.1) is 24.8 Å². The van der Waals surface area contributed by atoms with Crippen LogP contribution in [0.25, 0.3) is 0 Å². The highest BCUT2D eigenvalue weighted by atomic mass is 32.1. The van der Waals surface area contributed by atoms with Crippen molar-refractivity contribution in [2.75, 3.05) is 32.8 Å². The summed E-state index contributed by atoms with van der Waals surface area (Å²) in [5.41, 5.74) is 0. The monoisotopic (exact) mass is 323 g/mol. The number of rotatable bonds is 5. The molecule has 21 heavy (non-hydrogen) atoms. The van der Waals surface area contributed by atoms with Gasteiger partial charge in [-0.1, -0.05) is 0 Å². The number of aromatic nitrogens is 1. The Morgan fingerprint density at radius 1 is 1.57 bits per heavy atom. The molecule has 1 fully saturated rings. The molecule has 5 nitrogen and oxygen atoms in total. The molecule has 1 aliphatic heterocycles. The molecule has 1 unspecified atom stereocenters. The number of amides is 1. The van der Waals surface area contributed by atoms with Crippen molar-refractivity contribution in [2.45, 2.75) is 18.6 Å². The predicted molar refractivity (Wildman–Crippen MR) is 71.1 cm³/mol.